The van der Waals surface area contributed by atoms with E-state index in [2.05, 4.69) is 20.1 Å². The summed E-state index contributed by atoms with van der Waals surface area (Å²) in [6.07, 6.45) is 5.82. The Morgan fingerprint density at radius 2 is 1.72 bits per heavy atom. The van der Waals surface area contributed by atoms with Crippen LogP contribution >= 0.6 is 24.0 Å². The second kappa shape index (κ2) is 13.5. The first-order valence-electron chi connectivity index (χ1n) is 11.8. The summed E-state index contributed by atoms with van der Waals surface area (Å²) >= 11 is 0. The first-order chi connectivity index (χ1) is 15.0. The van der Waals surface area contributed by atoms with Crippen molar-refractivity contribution in [3.05, 3.63) is 0 Å². The summed E-state index contributed by atoms with van der Waals surface area (Å²) < 4.78 is 5.84. The topological polar surface area (TPSA) is 80.7 Å². The largest absolute Gasteiger partial charge is 0.376 e. The average molecular weight is 565 g/mol. The van der Waals surface area contributed by atoms with E-state index < -0.39 is 0 Å². The van der Waals surface area contributed by atoms with Gasteiger partial charge in [0.25, 0.3) is 0 Å². The van der Waals surface area contributed by atoms with E-state index in [1.807, 2.05) is 11.8 Å². The average Bonchev–Trinajstić information content (AvgIpc) is 3.34. The van der Waals surface area contributed by atoms with Crippen LogP contribution in [0.1, 0.15) is 39.0 Å². The van der Waals surface area contributed by atoms with E-state index in [1.54, 1.807) is 19.0 Å². The quantitative estimate of drug-likeness (QED) is 0.293. The van der Waals surface area contributed by atoms with Gasteiger partial charge in [-0.15, -0.1) is 24.0 Å². The van der Waals surface area contributed by atoms with Gasteiger partial charge in [0, 0.05) is 66.5 Å². The Bertz CT molecular complexity index is 627. The molecule has 3 heterocycles. The van der Waals surface area contributed by atoms with Crippen molar-refractivity contribution in [2.75, 3.05) is 73.1 Å². The zero-order valence-electron chi connectivity index (χ0n) is 19.9. The maximum atomic E-state index is 12.8. The number of piperazine rings is 1. The van der Waals surface area contributed by atoms with E-state index in [0.29, 0.717) is 6.54 Å². The van der Waals surface area contributed by atoms with Crippen molar-refractivity contribution in [2.24, 2.45) is 4.99 Å². The number of carbonyl (C=O) groups excluding carboxylic acids is 2. The summed E-state index contributed by atoms with van der Waals surface area (Å²) in [5, 5.41) is 3.45. The molecule has 0 aliphatic carbocycles. The summed E-state index contributed by atoms with van der Waals surface area (Å²) in [7, 11) is 3.50. The molecule has 0 aromatic heterocycles. The third-order valence-electron chi connectivity index (χ3n) is 6.56. The fraction of sp³-hybridized carbons (Fsp3) is 0.864. The zero-order chi connectivity index (χ0) is 22.2. The predicted octanol–water partition coefficient (Wildman–Crippen LogP) is 0.836. The molecule has 3 aliphatic rings. The van der Waals surface area contributed by atoms with Crippen molar-refractivity contribution in [1.29, 1.82) is 0 Å². The monoisotopic (exact) mass is 564 g/mol. The Hall–Kier alpha value is -1.14. The van der Waals surface area contributed by atoms with Crippen LogP contribution < -0.4 is 5.32 Å². The highest BCUT2D eigenvalue weighted by Crippen LogP contribution is 2.15. The zero-order valence-corrected chi connectivity index (χ0v) is 22.3. The first kappa shape index (κ1) is 27.1. The highest BCUT2D eigenvalue weighted by atomic mass is 127. The van der Waals surface area contributed by atoms with Gasteiger partial charge in [0.05, 0.1) is 12.1 Å². The number of likely N-dealkylation sites (N-methyl/N-ethyl adjacent to an activating group) is 1. The van der Waals surface area contributed by atoms with Crippen molar-refractivity contribution in [1.82, 2.24) is 24.9 Å². The number of amides is 2. The third-order valence-corrected chi connectivity index (χ3v) is 6.56. The molecule has 3 aliphatic heterocycles. The fourth-order valence-corrected chi connectivity index (χ4v) is 4.40. The fourth-order valence-electron chi connectivity index (χ4n) is 4.40. The minimum atomic E-state index is -0.0837. The molecule has 0 aromatic rings. The van der Waals surface area contributed by atoms with E-state index in [1.165, 1.54) is 6.42 Å². The highest BCUT2D eigenvalue weighted by molar-refractivity contribution is 14.0. The van der Waals surface area contributed by atoms with Crippen LogP contribution in [0.15, 0.2) is 4.99 Å². The van der Waals surface area contributed by atoms with Crippen LogP contribution in [-0.2, 0) is 14.3 Å². The van der Waals surface area contributed by atoms with E-state index in [9.17, 15) is 9.59 Å². The molecule has 32 heavy (non-hydrogen) atoms. The highest BCUT2D eigenvalue weighted by Gasteiger charge is 2.30. The van der Waals surface area contributed by atoms with Crippen LogP contribution in [0.4, 0.5) is 0 Å². The molecule has 0 saturated carbocycles. The molecule has 2 atom stereocenters. The number of likely N-dealkylation sites (tertiary alicyclic amines) is 1. The van der Waals surface area contributed by atoms with E-state index >= 15 is 0 Å². The maximum Gasteiger partial charge on any atom is 0.243 e. The second-order valence-electron chi connectivity index (χ2n) is 9.03. The lowest BCUT2D eigenvalue weighted by Gasteiger charge is -2.40. The lowest BCUT2D eigenvalue weighted by molar-refractivity contribution is -0.135. The number of rotatable bonds is 6. The summed E-state index contributed by atoms with van der Waals surface area (Å²) in [6, 6.07) is -0.0837. The molecule has 3 saturated heterocycles. The molecular weight excluding hydrogens is 523 g/mol. The molecule has 1 N–H and O–H groups in total. The Morgan fingerprint density at radius 3 is 2.31 bits per heavy atom. The van der Waals surface area contributed by atoms with E-state index in [4.69, 9.17) is 4.74 Å². The Labute approximate surface area is 209 Å². The standard InChI is InChI=1S/C22H40N6O3.HI/c1-18(21(30)27-9-5-6-10-27)26-11-13-28(14-12-26)22(24-17-20(29)25(2)3)23-16-19-8-4-7-15-31-19;/h18-19H,4-17H2,1-3H3,(H,23,24);1H. The number of carbonyl (C=O) groups is 2. The van der Waals surface area contributed by atoms with Crippen LogP contribution in [0, 0.1) is 0 Å². The summed E-state index contributed by atoms with van der Waals surface area (Å²) in [4.78, 5) is 37.5. The van der Waals surface area contributed by atoms with Gasteiger partial charge in [-0.25, -0.2) is 4.99 Å². The maximum absolute atomic E-state index is 12.8. The minimum absolute atomic E-state index is 0. The number of nitrogens with zero attached hydrogens (tertiary/aromatic N) is 5. The van der Waals surface area contributed by atoms with Gasteiger partial charge in [-0.05, 0) is 39.0 Å². The molecular formula is C22H41IN6O3. The Balaban J connectivity index is 0.00000363. The number of ether oxygens (including phenoxy) is 1. The smallest absolute Gasteiger partial charge is 0.243 e. The Kier molecular flexibility index (Phi) is 11.5. The normalized spacial score (nSPS) is 23.5. The van der Waals surface area contributed by atoms with Gasteiger partial charge in [-0.3, -0.25) is 14.5 Å². The van der Waals surface area contributed by atoms with Gasteiger partial charge in [0.2, 0.25) is 11.8 Å². The minimum Gasteiger partial charge on any atom is -0.376 e. The molecule has 2 unspecified atom stereocenters. The number of nitrogens with one attached hydrogen (secondary N) is 1. The van der Waals surface area contributed by atoms with Gasteiger partial charge in [-0.1, -0.05) is 0 Å². The van der Waals surface area contributed by atoms with Gasteiger partial charge < -0.3 is 24.8 Å². The van der Waals surface area contributed by atoms with Crippen LogP contribution in [0.5, 0.6) is 0 Å². The number of hydrogen-bond acceptors (Lipinski definition) is 5. The molecule has 10 heteroatoms. The summed E-state index contributed by atoms with van der Waals surface area (Å²) in [6.45, 7) is 8.66. The molecule has 0 aromatic carbocycles. The van der Waals surface area contributed by atoms with Crippen molar-refractivity contribution in [2.45, 2.75) is 51.2 Å². The molecule has 0 spiro atoms. The molecule has 3 fully saturated rings. The number of aliphatic imine (C=N–C) groups is 1. The van der Waals surface area contributed by atoms with Crippen molar-refractivity contribution in [3.63, 3.8) is 0 Å². The predicted molar refractivity (Wildman–Crippen MR) is 136 cm³/mol. The molecule has 3 rings (SSSR count). The van der Waals surface area contributed by atoms with E-state index in [0.717, 1.165) is 77.5 Å². The summed E-state index contributed by atoms with van der Waals surface area (Å²) in [5.74, 6) is 1.00. The lowest BCUT2D eigenvalue weighted by atomic mass is 10.1. The van der Waals surface area contributed by atoms with E-state index in [-0.39, 0.29) is 54.5 Å². The summed E-state index contributed by atoms with van der Waals surface area (Å²) in [5.41, 5.74) is 0. The van der Waals surface area contributed by atoms with Crippen molar-refractivity contribution < 1.29 is 14.3 Å². The van der Waals surface area contributed by atoms with Gasteiger partial charge in [0.1, 0.15) is 6.54 Å². The Morgan fingerprint density at radius 1 is 1.03 bits per heavy atom. The SMILES string of the molecule is CC(C(=O)N1CCCC1)N1CCN(C(=NCC(=O)N(C)C)NCC2CCCCO2)CC1.I. The van der Waals surface area contributed by atoms with Crippen LogP contribution in [0.2, 0.25) is 0 Å². The van der Waals surface area contributed by atoms with Gasteiger partial charge in [-0.2, -0.15) is 0 Å². The molecule has 184 valence electrons. The van der Waals surface area contributed by atoms with Crippen LogP contribution in [0.3, 0.4) is 0 Å². The second-order valence-corrected chi connectivity index (χ2v) is 9.03. The molecule has 9 nitrogen and oxygen atoms in total. The third kappa shape index (κ3) is 7.72. The van der Waals surface area contributed by atoms with Crippen LogP contribution in [0.25, 0.3) is 0 Å². The van der Waals surface area contributed by atoms with Crippen LogP contribution in [-0.4, -0.2) is 123 Å². The number of hydrogen-bond donors (Lipinski definition) is 1. The number of guanidine groups is 1. The molecule has 0 bridgehead atoms. The van der Waals surface area contributed by atoms with Gasteiger partial charge >= 0.3 is 0 Å². The lowest BCUT2D eigenvalue weighted by Crippen LogP contribution is -2.57. The van der Waals surface area contributed by atoms with Crippen molar-refractivity contribution in [3.8, 4) is 0 Å². The first-order valence-corrected chi connectivity index (χ1v) is 11.8. The van der Waals surface area contributed by atoms with Gasteiger partial charge in [0.15, 0.2) is 5.96 Å². The van der Waals surface area contributed by atoms with Crippen molar-refractivity contribution >= 4 is 41.8 Å². The molecule has 2 amide bonds. The number of halogens is 1. The molecule has 0 radical (unpaired) electrons.